The van der Waals surface area contributed by atoms with Crippen LogP contribution in [0.5, 0.6) is 0 Å². The van der Waals surface area contributed by atoms with Crippen LogP contribution in [0.25, 0.3) is 0 Å². The van der Waals surface area contributed by atoms with Gasteiger partial charge in [-0.05, 0) is 29.8 Å². The first kappa shape index (κ1) is 22.8. The summed E-state index contributed by atoms with van der Waals surface area (Å²) < 4.78 is 0. The maximum Gasteiger partial charge on any atom is 0.103 e. The molecule has 4 rings (SSSR count). The number of rotatable bonds is 7. The number of hydrogen-bond acceptors (Lipinski definition) is 5. The Morgan fingerprint density at radius 2 is 1.15 bits per heavy atom. The monoisotopic (exact) mass is 483 g/mol. The molecule has 6 heteroatoms. The van der Waals surface area contributed by atoms with E-state index in [1.165, 1.54) is 23.5 Å². The molecule has 33 heavy (non-hydrogen) atoms. The average Bonchev–Trinajstić information content (AvgIpc) is 2.87. The zero-order chi connectivity index (χ0) is 23.0. The Labute approximate surface area is 207 Å². The zero-order valence-electron chi connectivity index (χ0n) is 17.5. The highest BCUT2D eigenvalue weighted by molar-refractivity contribution is 8.02. The summed E-state index contributed by atoms with van der Waals surface area (Å²) in [7, 11) is 0. The van der Waals surface area contributed by atoms with E-state index in [-0.39, 0.29) is 11.1 Å². The maximum absolute atomic E-state index is 10.0. The van der Waals surface area contributed by atoms with Crippen LogP contribution in [0.2, 0.25) is 5.02 Å². The lowest BCUT2D eigenvalue weighted by atomic mass is 10.1. The summed E-state index contributed by atoms with van der Waals surface area (Å²) in [4.78, 5) is 3.59. The molecule has 0 heterocycles. The van der Waals surface area contributed by atoms with Gasteiger partial charge in [-0.1, -0.05) is 102 Å². The fourth-order valence-corrected chi connectivity index (χ4v) is 5.82. The normalized spacial score (nSPS) is 10.3. The number of anilines is 1. The van der Waals surface area contributed by atoms with E-state index in [1.807, 2.05) is 91.0 Å². The molecule has 0 saturated heterocycles. The lowest BCUT2D eigenvalue weighted by molar-refractivity contribution is 1.10. The van der Waals surface area contributed by atoms with Gasteiger partial charge < -0.3 is 5.32 Å². The van der Waals surface area contributed by atoms with Gasteiger partial charge in [-0.15, -0.1) is 0 Å². The summed E-state index contributed by atoms with van der Waals surface area (Å²) in [5, 5.41) is 23.6. The van der Waals surface area contributed by atoms with Crippen LogP contribution in [0.4, 0.5) is 5.69 Å². The Bertz CT molecular complexity index is 1330. The summed E-state index contributed by atoms with van der Waals surface area (Å²) in [5.41, 5.74) is 2.14. The van der Waals surface area contributed by atoms with E-state index in [1.54, 1.807) is 0 Å². The van der Waals surface area contributed by atoms with Crippen molar-refractivity contribution >= 4 is 40.8 Å². The molecule has 4 aromatic rings. The SMILES string of the molecule is N#Cc1c(Cl)c(Sc2ccccc2)c(Sc2ccccc2)c(NCc2ccccc2)c1C#N. The van der Waals surface area contributed by atoms with Crippen molar-refractivity contribution in [1.82, 2.24) is 0 Å². The second-order valence-electron chi connectivity index (χ2n) is 6.99. The third-order valence-electron chi connectivity index (χ3n) is 4.81. The summed E-state index contributed by atoms with van der Waals surface area (Å²) in [6.07, 6.45) is 0. The summed E-state index contributed by atoms with van der Waals surface area (Å²) in [6, 6.07) is 34.1. The van der Waals surface area contributed by atoms with Gasteiger partial charge in [0, 0.05) is 21.2 Å². The van der Waals surface area contributed by atoms with Crippen LogP contribution in [0.1, 0.15) is 16.7 Å². The minimum atomic E-state index is 0.186. The minimum absolute atomic E-state index is 0.186. The summed E-state index contributed by atoms with van der Waals surface area (Å²) >= 11 is 9.79. The molecule has 0 aliphatic heterocycles. The minimum Gasteiger partial charge on any atom is -0.379 e. The van der Waals surface area contributed by atoms with E-state index >= 15 is 0 Å². The molecule has 0 aromatic heterocycles. The average molecular weight is 484 g/mol. The van der Waals surface area contributed by atoms with Crippen molar-refractivity contribution in [2.45, 2.75) is 26.1 Å². The van der Waals surface area contributed by atoms with Crippen LogP contribution in [0.15, 0.2) is 111 Å². The van der Waals surface area contributed by atoms with Crippen LogP contribution in [0, 0.1) is 22.7 Å². The highest BCUT2D eigenvalue weighted by atomic mass is 35.5. The molecule has 0 amide bonds. The molecule has 4 aromatic carbocycles. The lowest BCUT2D eigenvalue weighted by Gasteiger charge is -2.20. The first-order valence-corrected chi connectivity index (χ1v) is 12.2. The zero-order valence-corrected chi connectivity index (χ0v) is 19.8. The Hall–Kier alpha value is -3.35. The van der Waals surface area contributed by atoms with Gasteiger partial charge in [-0.3, -0.25) is 0 Å². The number of nitriles is 2. The topological polar surface area (TPSA) is 59.6 Å². The van der Waals surface area contributed by atoms with Crippen LogP contribution < -0.4 is 5.32 Å². The number of hydrogen-bond donors (Lipinski definition) is 1. The summed E-state index contributed by atoms with van der Waals surface area (Å²) in [5.74, 6) is 0. The van der Waals surface area contributed by atoms with Gasteiger partial charge in [0.05, 0.1) is 26.7 Å². The van der Waals surface area contributed by atoms with Gasteiger partial charge in [0.15, 0.2) is 0 Å². The molecular formula is C27H18ClN3S2. The van der Waals surface area contributed by atoms with E-state index in [9.17, 15) is 10.5 Å². The van der Waals surface area contributed by atoms with Gasteiger partial charge in [0.1, 0.15) is 12.1 Å². The van der Waals surface area contributed by atoms with Crippen LogP contribution in [0.3, 0.4) is 0 Å². The number of benzene rings is 4. The quantitative estimate of drug-likeness (QED) is 0.288. The third kappa shape index (κ3) is 5.35. The Balaban J connectivity index is 1.89. The van der Waals surface area contributed by atoms with E-state index in [2.05, 4.69) is 17.5 Å². The molecule has 0 radical (unpaired) electrons. The molecule has 0 fully saturated rings. The highest BCUT2D eigenvalue weighted by Crippen LogP contribution is 2.49. The van der Waals surface area contributed by atoms with Crippen molar-refractivity contribution in [3.05, 3.63) is 113 Å². The maximum atomic E-state index is 10.0. The van der Waals surface area contributed by atoms with Crippen molar-refractivity contribution in [3.8, 4) is 12.1 Å². The first-order valence-electron chi connectivity index (χ1n) is 10.1. The van der Waals surface area contributed by atoms with Crippen molar-refractivity contribution in [3.63, 3.8) is 0 Å². The Morgan fingerprint density at radius 3 is 1.67 bits per heavy atom. The number of nitrogens with one attached hydrogen (secondary N) is 1. The van der Waals surface area contributed by atoms with Gasteiger partial charge in [0.2, 0.25) is 0 Å². The fraction of sp³-hybridized carbons (Fsp3) is 0.0370. The molecular weight excluding hydrogens is 466 g/mol. The molecule has 0 spiro atoms. The Kier molecular flexibility index (Phi) is 7.60. The molecule has 0 aliphatic rings. The first-order chi connectivity index (χ1) is 16.2. The van der Waals surface area contributed by atoms with Crippen molar-refractivity contribution in [2.75, 3.05) is 5.32 Å². The van der Waals surface area contributed by atoms with Crippen LogP contribution in [-0.2, 0) is 6.54 Å². The molecule has 0 bridgehead atoms. The van der Waals surface area contributed by atoms with Gasteiger partial charge in [-0.25, -0.2) is 0 Å². The lowest BCUT2D eigenvalue weighted by Crippen LogP contribution is -2.06. The standard InChI is InChI=1S/C27H18ClN3S2/c28-24-22(16-29)23(17-30)25(31-18-19-10-4-1-5-11-19)27(33-21-14-8-3-9-15-21)26(24)32-20-12-6-2-7-13-20/h1-15,31H,18H2. The number of halogens is 1. The number of nitrogens with zero attached hydrogens (tertiary/aromatic N) is 2. The predicted octanol–water partition coefficient (Wildman–Crippen LogP) is 8.00. The molecule has 0 atom stereocenters. The van der Waals surface area contributed by atoms with Crippen molar-refractivity contribution < 1.29 is 0 Å². The van der Waals surface area contributed by atoms with E-state index in [0.29, 0.717) is 17.3 Å². The predicted molar refractivity (Wildman–Crippen MR) is 136 cm³/mol. The molecule has 160 valence electrons. The van der Waals surface area contributed by atoms with Crippen molar-refractivity contribution in [2.24, 2.45) is 0 Å². The van der Waals surface area contributed by atoms with E-state index < -0.39 is 0 Å². The fourth-order valence-electron chi connectivity index (χ4n) is 3.25. The van der Waals surface area contributed by atoms with Crippen LogP contribution in [-0.4, -0.2) is 0 Å². The van der Waals surface area contributed by atoms with E-state index in [4.69, 9.17) is 11.6 Å². The summed E-state index contributed by atoms with van der Waals surface area (Å²) in [6.45, 7) is 0.514. The highest BCUT2D eigenvalue weighted by Gasteiger charge is 2.25. The smallest absolute Gasteiger partial charge is 0.103 e. The molecule has 1 N–H and O–H groups in total. The van der Waals surface area contributed by atoms with Crippen molar-refractivity contribution in [1.29, 1.82) is 10.5 Å². The molecule has 0 aliphatic carbocycles. The largest absolute Gasteiger partial charge is 0.379 e. The molecule has 0 unspecified atom stereocenters. The Morgan fingerprint density at radius 1 is 0.667 bits per heavy atom. The van der Waals surface area contributed by atoms with E-state index in [0.717, 1.165) is 25.1 Å². The second-order valence-corrected chi connectivity index (χ2v) is 9.54. The third-order valence-corrected chi connectivity index (χ3v) is 7.67. The van der Waals surface area contributed by atoms with Gasteiger partial charge in [0.25, 0.3) is 0 Å². The molecule has 0 saturated carbocycles. The van der Waals surface area contributed by atoms with Gasteiger partial charge >= 0.3 is 0 Å². The second kappa shape index (κ2) is 11.0. The molecule has 3 nitrogen and oxygen atoms in total. The van der Waals surface area contributed by atoms with Crippen LogP contribution >= 0.6 is 35.1 Å². The van der Waals surface area contributed by atoms with Gasteiger partial charge in [-0.2, -0.15) is 10.5 Å².